The van der Waals surface area contributed by atoms with E-state index in [1.807, 2.05) is 70.9 Å². The van der Waals surface area contributed by atoms with E-state index in [1.165, 1.54) is 41.2 Å². The SMILES string of the molecule is O=C(C(Cc1nccs1)N(Cc1ccc(-c2ccccn2)cc1)C(=O)/C=C/c1ccc(C(F)(F)F)cc1)N1CCN(Cc2ccccc2)CC1. The number of rotatable bonds is 11. The predicted octanol–water partition coefficient (Wildman–Crippen LogP) is 7.22. The number of halogens is 3. The number of piperazine rings is 1. The molecule has 0 radical (unpaired) electrons. The minimum absolute atomic E-state index is 0.133. The molecule has 1 aliphatic rings. The van der Waals surface area contributed by atoms with Gasteiger partial charge < -0.3 is 9.80 Å². The summed E-state index contributed by atoms with van der Waals surface area (Å²) >= 11 is 1.42. The van der Waals surface area contributed by atoms with Crippen LogP contribution in [-0.4, -0.2) is 68.7 Å². The molecule has 0 bridgehead atoms. The standard InChI is InChI=1S/C39H36F3N5O2S/c40-39(41,42)33-16-11-29(12-17-33)13-18-37(48)47(28-31-9-14-32(15-10-31)34-8-4-5-19-43-34)35(26-36-44-20-25-50-36)38(49)46-23-21-45(22-24-46)27-30-6-2-1-3-7-30/h1-20,25,35H,21-24,26-28H2/b18-13+. The molecule has 0 aliphatic carbocycles. The highest BCUT2D eigenvalue weighted by molar-refractivity contribution is 7.09. The highest BCUT2D eigenvalue weighted by atomic mass is 32.1. The Balaban J connectivity index is 1.26. The van der Waals surface area contributed by atoms with E-state index in [-0.39, 0.29) is 18.9 Å². The van der Waals surface area contributed by atoms with Crippen molar-refractivity contribution in [2.75, 3.05) is 26.2 Å². The maximum atomic E-state index is 14.4. The third-order valence-electron chi connectivity index (χ3n) is 8.65. The zero-order valence-corrected chi connectivity index (χ0v) is 28.1. The van der Waals surface area contributed by atoms with Gasteiger partial charge in [-0.25, -0.2) is 4.98 Å². The van der Waals surface area contributed by atoms with E-state index in [4.69, 9.17) is 0 Å². The lowest BCUT2D eigenvalue weighted by Gasteiger charge is -2.39. The maximum absolute atomic E-state index is 14.4. The van der Waals surface area contributed by atoms with Crippen LogP contribution in [0.2, 0.25) is 0 Å². The van der Waals surface area contributed by atoms with Gasteiger partial charge in [-0.3, -0.25) is 19.5 Å². The van der Waals surface area contributed by atoms with E-state index in [0.29, 0.717) is 31.7 Å². The monoisotopic (exact) mass is 695 g/mol. The molecule has 2 amide bonds. The van der Waals surface area contributed by atoms with Crippen molar-refractivity contribution in [3.63, 3.8) is 0 Å². The summed E-state index contributed by atoms with van der Waals surface area (Å²) in [6.45, 7) is 3.35. The molecule has 256 valence electrons. The molecule has 50 heavy (non-hydrogen) atoms. The number of thiazole rings is 1. The molecule has 5 aromatic rings. The Hall–Kier alpha value is -5.13. The number of benzene rings is 3. The first kappa shape index (κ1) is 34.7. The van der Waals surface area contributed by atoms with Crippen LogP contribution in [0.25, 0.3) is 17.3 Å². The molecule has 1 unspecified atom stereocenters. The van der Waals surface area contributed by atoms with Crippen LogP contribution in [-0.2, 0) is 35.3 Å². The van der Waals surface area contributed by atoms with Crippen LogP contribution in [0, 0.1) is 0 Å². The average molecular weight is 696 g/mol. The number of nitrogens with zero attached hydrogens (tertiary/aromatic N) is 5. The Kier molecular flexibility index (Phi) is 11.1. The maximum Gasteiger partial charge on any atom is 0.416 e. The minimum Gasteiger partial charge on any atom is -0.338 e. The first-order valence-corrected chi connectivity index (χ1v) is 17.2. The van der Waals surface area contributed by atoms with Gasteiger partial charge in [-0.2, -0.15) is 13.2 Å². The fourth-order valence-corrected chi connectivity index (χ4v) is 6.58. The molecular formula is C39H36F3N5O2S. The molecule has 1 saturated heterocycles. The van der Waals surface area contributed by atoms with E-state index >= 15 is 0 Å². The summed E-state index contributed by atoms with van der Waals surface area (Å²) in [5, 5.41) is 2.56. The molecule has 0 spiro atoms. The van der Waals surface area contributed by atoms with Gasteiger partial charge in [0.05, 0.1) is 16.3 Å². The molecule has 2 aromatic heterocycles. The predicted molar refractivity (Wildman–Crippen MR) is 189 cm³/mol. The number of alkyl halides is 3. The Labute approximate surface area is 293 Å². The first-order valence-electron chi connectivity index (χ1n) is 16.3. The van der Waals surface area contributed by atoms with E-state index in [9.17, 15) is 22.8 Å². The highest BCUT2D eigenvalue weighted by Gasteiger charge is 2.35. The van der Waals surface area contributed by atoms with Gasteiger partial charge in [-0.15, -0.1) is 11.3 Å². The van der Waals surface area contributed by atoms with Crippen LogP contribution >= 0.6 is 11.3 Å². The number of carbonyl (C=O) groups is 2. The van der Waals surface area contributed by atoms with Gasteiger partial charge in [-0.05, 0) is 47.0 Å². The smallest absolute Gasteiger partial charge is 0.338 e. The normalized spacial score (nSPS) is 14.5. The van der Waals surface area contributed by atoms with E-state index in [1.54, 1.807) is 17.3 Å². The molecule has 6 rings (SSSR count). The summed E-state index contributed by atoms with van der Waals surface area (Å²) in [7, 11) is 0. The minimum atomic E-state index is -4.46. The van der Waals surface area contributed by atoms with Gasteiger partial charge >= 0.3 is 6.18 Å². The summed E-state index contributed by atoms with van der Waals surface area (Å²) in [6.07, 6.45) is 1.97. The second-order valence-corrected chi connectivity index (χ2v) is 13.0. The zero-order chi connectivity index (χ0) is 34.9. The van der Waals surface area contributed by atoms with Crippen molar-refractivity contribution in [1.29, 1.82) is 0 Å². The molecule has 7 nitrogen and oxygen atoms in total. The number of hydrogen-bond acceptors (Lipinski definition) is 6. The second kappa shape index (κ2) is 16.1. The Morgan fingerprint density at radius 3 is 2.18 bits per heavy atom. The van der Waals surface area contributed by atoms with Crippen LogP contribution in [0.4, 0.5) is 13.2 Å². The lowest BCUT2D eigenvalue weighted by atomic mass is 10.0. The van der Waals surface area contributed by atoms with Crippen LogP contribution in [0.15, 0.2) is 121 Å². The van der Waals surface area contributed by atoms with Gasteiger partial charge in [0.2, 0.25) is 11.8 Å². The quantitative estimate of drug-likeness (QED) is 0.137. The zero-order valence-electron chi connectivity index (χ0n) is 27.2. The van der Waals surface area contributed by atoms with E-state index < -0.39 is 23.7 Å². The fourth-order valence-electron chi connectivity index (χ4n) is 5.93. The Morgan fingerprint density at radius 1 is 0.820 bits per heavy atom. The topological polar surface area (TPSA) is 69.6 Å². The molecule has 1 atom stereocenters. The Morgan fingerprint density at radius 2 is 1.54 bits per heavy atom. The van der Waals surface area contributed by atoms with Crippen molar-refractivity contribution in [1.82, 2.24) is 24.7 Å². The van der Waals surface area contributed by atoms with Crippen molar-refractivity contribution < 1.29 is 22.8 Å². The van der Waals surface area contributed by atoms with E-state index in [0.717, 1.165) is 40.5 Å². The molecule has 11 heteroatoms. The van der Waals surface area contributed by atoms with Crippen molar-refractivity contribution in [3.05, 3.63) is 148 Å². The van der Waals surface area contributed by atoms with Gasteiger partial charge in [0.25, 0.3) is 0 Å². The summed E-state index contributed by atoms with van der Waals surface area (Å²) in [5.74, 6) is -0.600. The molecule has 3 heterocycles. The van der Waals surface area contributed by atoms with Crippen molar-refractivity contribution in [2.24, 2.45) is 0 Å². The molecule has 0 N–H and O–H groups in total. The van der Waals surface area contributed by atoms with Gasteiger partial charge in [0, 0.05) is 75.1 Å². The largest absolute Gasteiger partial charge is 0.416 e. The number of aromatic nitrogens is 2. The van der Waals surface area contributed by atoms with Crippen molar-refractivity contribution >= 4 is 29.2 Å². The van der Waals surface area contributed by atoms with Gasteiger partial charge in [0.1, 0.15) is 6.04 Å². The van der Waals surface area contributed by atoms with Gasteiger partial charge in [0.15, 0.2) is 0 Å². The van der Waals surface area contributed by atoms with E-state index in [2.05, 4.69) is 27.0 Å². The number of hydrogen-bond donors (Lipinski definition) is 0. The Bertz CT molecular complexity index is 1860. The molecule has 1 aliphatic heterocycles. The van der Waals surface area contributed by atoms with Crippen LogP contribution in [0.5, 0.6) is 0 Å². The lowest BCUT2D eigenvalue weighted by molar-refractivity contribution is -0.145. The highest BCUT2D eigenvalue weighted by Crippen LogP contribution is 2.29. The molecule has 3 aromatic carbocycles. The number of amides is 2. The number of pyridine rings is 1. The van der Waals surface area contributed by atoms with Crippen LogP contribution in [0.3, 0.4) is 0 Å². The molecule has 1 fully saturated rings. The third kappa shape index (κ3) is 9.10. The number of carbonyl (C=O) groups excluding carboxylic acids is 2. The third-order valence-corrected chi connectivity index (χ3v) is 9.45. The van der Waals surface area contributed by atoms with Gasteiger partial charge in [-0.1, -0.05) is 72.8 Å². The average Bonchev–Trinajstić information content (AvgIpc) is 3.66. The summed E-state index contributed by atoms with van der Waals surface area (Å²) < 4.78 is 39.4. The summed E-state index contributed by atoms with van der Waals surface area (Å²) in [5.41, 5.74) is 3.41. The second-order valence-electron chi connectivity index (χ2n) is 12.1. The van der Waals surface area contributed by atoms with Crippen molar-refractivity contribution in [3.8, 4) is 11.3 Å². The van der Waals surface area contributed by atoms with Crippen molar-refractivity contribution in [2.45, 2.75) is 31.7 Å². The van der Waals surface area contributed by atoms with Crippen LogP contribution in [0.1, 0.15) is 27.3 Å². The lowest BCUT2D eigenvalue weighted by Crippen LogP contribution is -2.56. The summed E-state index contributed by atoms with van der Waals surface area (Å²) in [6, 6.07) is 27.3. The fraction of sp³-hybridized carbons (Fsp3) is 0.231. The molecule has 0 saturated carbocycles. The summed E-state index contributed by atoms with van der Waals surface area (Å²) in [4.78, 5) is 43.1. The first-order chi connectivity index (χ1) is 24.2. The van der Waals surface area contributed by atoms with Crippen LogP contribution < -0.4 is 0 Å². The molecular weight excluding hydrogens is 660 g/mol.